The Bertz CT molecular complexity index is 510. The first-order valence-electron chi connectivity index (χ1n) is 5.39. The lowest BCUT2D eigenvalue weighted by atomic mass is 10.1. The van der Waals surface area contributed by atoms with E-state index in [-0.39, 0.29) is 0 Å². The molecule has 1 aromatic heterocycles. The molecule has 0 saturated carbocycles. The molecule has 1 N–H and O–H groups in total. The van der Waals surface area contributed by atoms with Crippen LogP contribution in [0, 0.1) is 13.8 Å². The molecular weight excluding hydrogens is 234 g/mol. The van der Waals surface area contributed by atoms with Gasteiger partial charge < -0.3 is 10.1 Å². The van der Waals surface area contributed by atoms with Crippen molar-refractivity contribution >= 4 is 16.5 Å². The summed E-state index contributed by atoms with van der Waals surface area (Å²) < 4.78 is 9.58. The molecule has 4 nitrogen and oxygen atoms in total. The van der Waals surface area contributed by atoms with Crippen LogP contribution < -0.4 is 10.1 Å². The third-order valence-corrected chi connectivity index (χ3v) is 3.42. The molecule has 1 heterocycles. The molecule has 0 atom stereocenters. The molecule has 0 saturated heterocycles. The predicted octanol–water partition coefficient (Wildman–Crippen LogP) is 2.78. The predicted molar refractivity (Wildman–Crippen MR) is 69.7 cm³/mol. The molecule has 0 fully saturated rings. The van der Waals surface area contributed by atoms with Gasteiger partial charge in [-0.3, -0.25) is 0 Å². The molecule has 0 aliphatic rings. The van der Waals surface area contributed by atoms with Crippen LogP contribution in [0.15, 0.2) is 18.2 Å². The topological polar surface area (TPSA) is 47.0 Å². The monoisotopic (exact) mass is 249 g/mol. The van der Waals surface area contributed by atoms with Crippen LogP contribution in [0.2, 0.25) is 0 Å². The maximum Gasteiger partial charge on any atom is 0.136 e. The largest absolute Gasteiger partial charge is 0.487 e. The van der Waals surface area contributed by atoms with Crippen molar-refractivity contribution in [3.8, 4) is 5.75 Å². The Labute approximate surface area is 105 Å². The summed E-state index contributed by atoms with van der Waals surface area (Å²) in [5.74, 6) is 0.864. The maximum atomic E-state index is 5.69. The Morgan fingerprint density at radius 3 is 2.82 bits per heavy atom. The first-order chi connectivity index (χ1) is 8.20. The van der Waals surface area contributed by atoms with E-state index in [0.717, 1.165) is 16.4 Å². The van der Waals surface area contributed by atoms with Crippen LogP contribution in [-0.2, 0) is 6.61 Å². The maximum absolute atomic E-state index is 5.69. The molecule has 0 radical (unpaired) electrons. The van der Waals surface area contributed by atoms with Crippen molar-refractivity contribution in [2.75, 3.05) is 12.4 Å². The number of anilines is 1. The van der Waals surface area contributed by atoms with Gasteiger partial charge in [-0.15, -0.1) is 5.10 Å². The molecule has 0 spiro atoms. The summed E-state index contributed by atoms with van der Waals surface area (Å²) in [4.78, 5) is 0. The molecular formula is C12H15N3OS. The van der Waals surface area contributed by atoms with Crippen LogP contribution in [0.4, 0.5) is 5.00 Å². The molecule has 0 unspecified atom stereocenters. The Morgan fingerprint density at radius 2 is 2.12 bits per heavy atom. The van der Waals surface area contributed by atoms with Gasteiger partial charge in [0.15, 0.2) is 0 Å². The SMILES string of the molecule is CNc1snnc1COc1ccc(C)c(C)c1. The number of nitrogens with one attached hydrogen (secondary N) is 1. The highest BCUT2D eigenvalue weighted by Gasteiger charge is 2.07. The fourth-order valence-corrected chi connectivity index (χ4v) is 1.97. The quantitative estimate of drug-likeness (QED) is 0.905. The van der Waals surface area contributed by atoms with Crippen molar-refractivity contribution in [2.45, 2.75) is 20.5 Å². The van der Waals surface area contributed by atoms with E-state index >= 15 is 0 Å². The number of benzene rings is 1. The second-order valence-corrected chi connectivity index (χ2v) is 4.59. The van der Waals surface area contributed by atoms with Crippen molar-refractivity contribution in [3.63, 3.8) is 0 Å². The summed E-state index contributed by atoms with van der Waals surface area (Å²) in [6.07, 6.45) is 0. The summed E-state index contributed by atoms with van der Waals surface area (Å²) >= 11 is 1.34. The zero-order chi connectivity index (χ0) is 12.3. The standard InChI is InChI=1S/C12H15N3OS/c1-8-4-5-10(6-9(8)2)16-7-11-12(13-3)17-15-14-11/h4-6,13H,7H2,1-3H3. The van der Waals surface area contributed by atoms with Crippen LogP contribution in [-0.4, -0.2) is 16.6 Å². The van der Waals surface area contributed by atoms with Gasteiger partial charge >= 0.3 is 0 Å². The minimum Gasteiger partial charge on any atom is -0.487 e. The Hall–Kier alpha value is -1.62. The van der Waals surface area contributed by atoms with E-state index in [2.05, 4.69) is 34.8 Å². The lowest BCUT2D eigenvalue weighted by Crippen LogP contribution is -1.99. The molecule has 0 bridgehead atoms. The minimum absolute atomic E-state index is 0.440. The summed E-state index contributed by atoms with van der Waals surface area (Å²) in [6, 6.07) is 6.07. The molecule has 5 heteroatoms. The number of ether oxygens (including phenoxy) is 1. The molecule has 17 heavy (non-hydrogen) atoms. The fraction of sp³-hybridized carbons (Fsp3) is 0.333. The zero-order valence-electron chi connectivity index (χ0n) is 10.2. The van der Waals surface area contributed by atoms with Gasteiger partial charge in [-0.1, -0.05) is 10.6 Å². The van der Waals surface area contributed by atoms with Crippen molar-refractivity contribution < 1.29 is 4.74 Å². The first kappa shape index (κ1) is 11.9. The van der Waals surface area contributed by atoms with Gasteiger partial charge in [0.05, 0.1) is 0 Å². The molecule has 0 aliphatic heterocycles. The van der Waals surface area contributed by atoms with Gasteiger partial charge in [0.1, 0.15) is 23.1 Å². The highest BCUT2D eigenvalue weighted by atomic mass is 32.1. The average Bonchev–Trinajstić information content (AvgIpc) is 2.78. The second kappa shape index (κ2) is 5.14. The van der Waals surface area contributed by atoms with Crippen molar-refractivity contribution in [2.24, 2.45) is 0 Å². The van der Waals surface area contributed by atoms with Crippen LogP contribution in [0.1, 0.15) is 16.8 Å². The summed E-state index contributed by atoms with van der Waals surface area (Å²) in [7, 11) is 1.86. The zero-order valence-corrected chi connectivity index (χ0v) is 11.0. The third-order valence-electron chi connectivity index (χ3n) is 2.64. The van der Waals surface area contributed by atoms with E-state index in [4.69, 9.17) is 4.74 Å². The average molecular weight is 249 g/mol. The molecule has 2 rings (SSSR count). The van der Waals surface area contributed by atoms with Gasteiger partial charge in [-0.25, -0.2) is 0 Å². The summed E-state index contributed by atoms with van der Waals surface area (Å²) in [6.45, 7) is 4.60. The van der Waals surface area contributed by atoms with Gasteiger partial charge in [0, 0.05) is 18.6 Å². The van der Waals surface area contributed by atoms with E-state index in [1.165, 1.54) is 22.7 Å². The van der Waals surface area contributed by atoms with Crippen molar-refractivity contribution in [3.05, 3.63) is 35.0 Å². The van der Waals surface area contributed by atoms with E-state index in [1.54, 1.807) is 0 Å². The molecule has 0 amide bonds. The van der Waals surface area contributed by atoms with Gasteiger partial charge in [-0.05, 0) is 37.1 Å². The van der Waals surface area contributed by atoms with E-state index in [9.17, 15) is 0 Å². The highest BCUT2D eigenvalue weighted by Crippen LogP contribution is 2.21. The van der Waals surface area contributed by atoms with Crippen LogP contribution in [0.25, 0.3) is 0 Å². The number of hydrogen-bond donors (Lipinski definition) is 1. The lowest BCUT2D eigenvalue weighted by Gasteiger charge is -2.07. The van der Waals surface area contributed by atoms with E-state index in [1.807, 2.05) is 19.2 Å². The van der Waals surface area contributed by atoms with E-state index in [0.29, 0.717) is 6.61 Å². The Balaban J connectivity index is 2.05. The number of aryl methyl sites for hydroxylation is 2. The normalized spacial score (nSPS) is 10.3. The van der Waals surface area contributed by atoms with Gasteiger partial charge in [-0.2, -0.15) is 0 Å². The third kappa shape index (κ3) is 2.74. The number of aromatic nitrogens is 2. The number of nitrogens with zero attached hydrogens (tertiary/aromatic N) is 2. The minimum atomic E-state index is 0.440. The number of hydrogen-bond acceptors (Lipinski definition) is 5. The van der Waals surface area contributed by atoms with Crippen LogP contribution in [0.3, 0.4) is 0 Å². The summed E-state index contributed by atoms with van der Waals surface area (Å²) in [5, 5.41) is 8.02. The lowest BCUT2D eigenvalue weighted by molar-refractivity contribution is 0.301. The fourth-order valence-electron chi connectivity index (χ4n) is 1.45. The van der Waals surface area contributed by atoms with Crippen LogP contribution in [0.5, 0.6) is 5.75 Å². The number of rotatable bonds is 4. The van der Waals surface area contributed by atoms with Crippen LogP contribution >= 0.6 is 11.5 Å². The van der Waals surface area contributed by atoms with Crippen molar-refractivity contribution in [1.29, 1.82) is 0 Å². The molecule has 0 aliphatic carbocycles. The molecule has 1 aromatic carbocycles. The summed E-state index contributed by atoms with van der Waals surface area (Å²) in [5.41, 5.74) is 3.34. The van der Waals surface area contributed by atoms with Gasteiger partial charge in [0.25, 0.3) is 0 Å². The molecule has 2 aromatic rings. The highest BCUT2D eigenvalue weighted by molar-refractivity contribution is 7.10. The van der Waals surface area contributed by atoms with E-state index < -0.39 is 0 Å². The Kier molecular flexibility index (Phi) is 3.58. The molecule has 90 valence electrons. The smallest absolute Gasteiger partial charge is 0.136 e. The first-order valence-corrected chi connectivity index (χ1v) is 6.17. The Morgan fingerprint density at radius 1 is 1.29 bits per heavy atom. The second-order valence-electron chi connectivity index (χ2n) is 3.83. The van der Waals surface area contributed by atoms with Crippen molar-refractivity contribution in [1.82, 2.24) is 9.59 Å². The van der Waals surface area contributed by atoms with Gasteiger partial charge in [0.2, 0.25) is 0 Å².